The fourth-order valence-electron chi connectivity index (χ4n) is 2.04. The predicted molar refractivity (Wildman–Crippen MR) is 60.4 cm³/mol. The van der Waals surface area contributed by atoms with Crippen LogP contribution >= 0.6 is 0 Å². The zero-order valence-corrected chi connectivity index (χ0v) is 10.0. The van der Waals surface area contributed by atoms with E-state index >= 15 is 0 Å². The van der Waals surface area contributed by atoms with E-state index < -0.39 is 0 Å². The third kappa shape index (κ3) is 3.97. The van der Waals surface area contributed by atoms with Crippen molar-refractivity contribution in [1.29, 1.82) is 0 Å². The first-order valence-corrected chi connectivity index (χ1v) is 5.94. The molecule has 0 amide bonds. The third-order valence-corrected chi connectivity index (χ3v) is 2.84. The summed E-state index contributed by atoms with van der Waals surface area (Å²) in [6, 6.07) is 0.593. The summed E-state index contributed by atoms with van der Waals surface area (Å²) in [6.07, 6.45) is 2.95. The highest BCUT2D eigenvalue weighted by molar-refractivity contribution is 4.79. The van der Waals surface area contributed by atoms with E-state index in [4.69, 9.17) is 4.74 Å². The van der Waals surface area contributed by atoms with E-state index in [2.05, 4.69) is 33.0 Å². The molecule has 14 heavy (non-hydrogen) atoms. The summed E-state index contributed by atoms with van der Waals surface area (Å²) in [4.78, 5) is 0. The minimum absolute atomic E-state index is 0.501. The molecule has 2 nitrogen and oxygen atoms in total. The smallest absolute Gasteiger partial charge is 0.0618 e. The summed E-state index contributed by atoms with van der Waals surface area (Å²) in [5.74, 6) is 1.49. The highest BCUT2D eigenvalue weighted by atomic mass is 16.5. The van der Waals surface area contributed by atoms with Gasteiger partial charge < -0.3 is 10.1 Å². The van der Waals surface area contributed by atoms with Crippen LogP contribution < -0.4 is 5.32 Å². The first kappa shape index (κ1) is 12.0. The molecule has 0 bridgehead atoms. The Labute approximate surface area is 88.4 Å². The lowest BCUT2D eigenvalue weighted by molar-refractivity contribution is 0.0726. The lowest BCUT2D eigenvalue weighted by Gasteiger charge is -2.21. The van der Waals surface area contributed by atoms with Crippen molar-refractivity contribution in [3.8, 4) is 0 Å². The largest absolute Gasteiger partial charge is 0.378 e. The average molecular weight is 199 g/mol. The normalized spacial score (nSPS) is 27.9. The molecule has 1 aliphatic heterocycles. The maximum absolute atomic E-state index is 5.77. The molecule has 1 rings (SSSR count). The van der Waals surface area contributed by atoms with Crippen molar-refractivity contribution in [3.05, 3.63) is 0 Å². The molecule has 0 aliphatic carbocycles. The lowest BCUT2D eigenvalue weighted by Crippen LogP contribution is -2.33. The van der Waals surface area contributed by atoms with Gasteiger partial charge in [0.15, 0.2) is 0 Å². The summed E-state index contributed by atoms with van der Waals surface area (Å²) in [7, 11) is 0. The van der Waals surface area contributed by atoms with Gasteiger partial charge in [-0.3, -0.25) is 0 Å². The van der Waals surface area contributed by atoms with E-state index in [1.54, 1.807) is 0 Å². The topological polar surface area (TPSA) is 21.3 Å². The van der Waals surface area contributed by atoms with Crippen molar-refractivity contribution in [2.45, 2.75) is 52.7 Å². The molecule has 1 N–H and O–H groups in total. The molecule has 0 aromatic carbocycles. The van der Waals surface area contributed by atoms with Crippen LogP contribution in [0, 0.1) is 11.8 Å². The van der Waals surface area contributed by atoms with Gasteiger partial charge in [0.25, 0.3) is 0 Å². The Hall–Kier alpha value is -0.0800. The van der Waals surface area contributed by atoms with Crippen molar-refractivity contribution in [3.63, 3.8) is 0 Å². The molecule has 1 saturated heterocycles. The van der Waals surface area contributed by atoms with Crippen LogP contribution in [0.15, 0.2) is 0 Å². The Kier molecular flexibility index (Phi) is 4.90. The van der Waals surface area contributed by atoms with Gasteiger partial charge in [0.1, 0.15) is 0 Å². The van der Waals surface area contributed by atoms with Crippen LogP contribution in [0.3, 0.4) is 0 Å². The Balaban J connectivity index is 2.28. The van der Waals surface area contributed by atoms with Crippen molar-refractivity contribution >= 4 is 0 Å². The molecular weight excluding hydrogens is 174 g/mol. The maximum Gasteiger partial charge on any atom is 0.0618 e. The van der Waals surface area contributed by atoms with E-state index in [0.717, 1.165) is 25.0 Å². The van der Waals surface area contributed by atoms with Crippen LogP contribution in [-0.4, -0.2) is 25.3 Å². The molecule has 2 unspecified atom stereocenters. The summed E-state index contributed by atoms with van der Waals surface area (Å²) in [5, 5.41) is 3.51. The minimum atomic E-state index is 0.501. The number of ether oxygens (including phenoxy) is 1. The van der Waals surface area contributed by atoms with Gasteiger partial charge in [-0.1, -0.05) is 27.7 Å². The molecule has 1 aliphatic rings. The first-order valence-electron chi connectivity index (χ1n) is 5.94. The molecule has 2 heteroatoms. The first-order chi connectivity index (χ1) is 6.59. The number of hydrogen-bond acceptors (Lipinski definition) is 2. The highest BCUT2D eigenvalue weighted by Gasteiger charge is 2.28. The molecule has 0 spiro atoms. The molecule has 1 fully saturated rings. The molecule has 0 radical (unpaired) electrons. The van der Waals surface area contributed by atoms with E-state index in [-0.39, 0.29) is 0 Å². The second kappa shape index (κ2) is 5.72. The van der Waals surface area contributed by atoms with Crippen LogP contribution in [0.1, 0.15) is 40.5 Å². The molecule has 0 saturated carbocycles. The van der Waals surface area contributed by atoms with Gasteiger partial charge in [-0.05, 0) is 24.7 Å². The second-order valence-electron chi connectivity index (χ2n) is 5.15. The van der Waals surface area contributed by atoms with Gasteiger partial charge >= 0.3 is 0 Å². The van der Waals surface area contributed by atoms with Gasteiger partial charge in [0.2, 0.25) is 0 Å². The standard InChI is InChI=1S/C12H25NO/c1-9(2)7-12-11(5-6-14-12)8-13-10(3)4/h9-13H,5-8H2,1-4H3. The fourth-order valence-corrected chi connectivity index (χ4v) is 2.04. The van der Waals surface area contributed by atoms with Crippen molar-refractivity contribution in [2.75, 3.05) is 13.2 Å². The zero-order valence-electron chi connectivity index (χ0n) is 10.0. The summed E-state index contributed by atoms with van der Waals surface area (Å²) < 4.78 is 5.77. The molecule has 1 heterocycles. The van der Waals surface area contributed by atoms with Gasteiger partial charge in [0, 0.05) is 19.2 Å². The average Bonchev–Trinajstić information content (AvgIpc) is 2.47. The van der Waals surface area contributed by atoms with E-state index in [1.165, 1.54) is 12.8 Å². The molecular formula is C12H25NO. The quantitative estimate of drug-likeness (QED) is 0.734. The van der Waals surface area contributed by atoms with E-state index in [9.17, 15) is 0 Å². The van der Waals surface area contributed by atoms with Crippen molar-refractivity contribution < 1.29 is 4.74 Å². The van der Waals surface area contributed by atoms with Gasteiger partial charge in [0.05, 0.1) is 6.10 Å². The zero-order chi connectivity index (χ0) is 10.6. The number of rotatable bonds is 5. The molecule has 0 aromatic heterocycles. The Morgan fingerprint density at radius 1 is 1.29 bits per heavy atom. The number of hydrogen-bond donors (Lipinski definition) is 1. The van der Waals surface area contributed by atoms with Crippen molar-refractivity contribution in [2.24, 2.45) is 11.8 Å². The maximum atomic E-state index is 5.77. The van der Waals surface area contributed by atoms with E-state index in [0.29, 0.717) is 12.1 Å². The summed E-state index contributed by atoms with van der Waals surface area (Å²) in [6.45, 7) is 11.0. The Bertz CT molecular complexity index is 156. The fraction of sp³-hybridized carbons (Fsp3) is 1.00. The van der Waals surface area contributed by atoms with Gasteiger partial charge in [-0.2, -0.15) is 0 Å². The summed E-state index contributed by atoms with van der Waals surface area (Å²) in [5.41, 5.74) is 0. The SMILES string of the molecule is CC(C)CC1OCCC1CNC(C)C. The van der Waals surface area contributed by atoms with Crippen LogP contribution in [-0.2, 0) is 4.74 Å². The van der Waals surface area contributed by atoms with Crippen LogP contribution in [0.5, 0.6) is 0 Å². The monoisotopic (exact) mass is 199 g/mol. The van der Waals surface area contributed by atoms with E-state index in [1.807, 2.05) is 0 Å². The van der Waals surface area contributed by atoms with Crippen LogP contribution in [0.25, 0.3) is 0 Å². The summed E-state index contributed by atoms with van der Waals surface area (Å²) >= 11 is 0. The molecule has 0 aromatic rings. The van der Waals surface area contributed by atoms with Crippen LogP contribution in [0.2, 0.25) is 0 Å². The Morgan fingerprint density at radius 3 is 2.57 bits per heavy atom. The number of nitrogens with one attached hydrogen (secondary N) is 1. The molecule has 2 atom stereocenters. The highest BCUT2D eigenvalue weighted by Crippen LogP contribution is 2.25. The second-order valence-corrected chi connectivity index (χ2v) is 5.15. The lowest BCUT2D eigenvalue weighted by atomic mass is 9.94. The van der Waals surface area contributed by atoms with Crippen LogP contribution in [0.4, 0.5) is 0 Å². The van der Waals surface area contributed by atoms with Gasteiger partial charge in [-0.25, -0.2) is 0 Å². The minimum Gasteiger partial charge on any atom is -0.378 e. The van der Waals surface area contributed by atoms with Crippen molar-refractivity contribution in [1.82, 2.24) is 5.32 Å². The predicted octanol–water partition coefficient (Wildman–Crippen LogP) is 2.44. The third-order valence-electron chi connectivity index (χ3n) is 2.84. The Morgan fingerprint density at radius 2 is 2.00 bits per heavy atom. The van der Waals surface area contributed by atoms with Gasteiger partial charge in [-0.15, -0.1) is 0 Å². The molecule has 84 valence electrons.